The maximum Gasteiger partial charge on any atom is 0.244 e. The molecule has 20 heavy (non-hydrogen) atoms. The van der Waals surface area contributed by atoms with Gasteiger partial charge in [0.05, 0.1) is 0 Å². The summed E-state index contributed by atoms with van der Waals surface area (Å²) in [5.74, 6) is -0.659. The number of hydrogen-bond acceptors (Lipinski definition) is 2. The van der Waals surface area contributed by atoms with Gasteiger partial charge in [-0.2, -0.15) is 0 Å². The highest BCUT2D eigenvalue weighted by molar-refractivity contribution is 5.88. The Kier molecular flexibility index (Phi) is 6.77. The highest BCUT2D eigenvalue weighted by Gasteiger charge is 2.24. The van der Waals surface area contributed by atoms with Gasteiger partial charge in [0, 0.05) is 5.92 Å². The molecule has 0 aromatic heterocycles. The number of nitrogens with one attached hydrogen (secondary N) is 1. The summed E-state index contributed by atoms with van der Waals surface area (Å²) in [7, 11) is 0. The lowest BCUT2D eigenvalue weighted by Gasteiger charge is -2.20. The molecule has 0 fully saturated rings. The average molecular weight is 276 g/mol. The second-order valence-electron chi connectivity index (χ2n) is 5.03. The Morgan fingerprint density at radius 3 is 2.10 bits per heavy atom. The van der Waals surface area contributed by atoms with E-state index in [-0.39, 0.29) is 11.8 Å². The fraction of sp³-hybridized carbons (Fsp3) is 0.500. The molecule has 1 atom stereocenters. The van der Waals surface area contributed by atoms with Gasteiger partial charge >= 0.3 is 0 Å². The SMILES string of the molecule is CCCC(CCC)C(=O)N[C@H](C(N)=O)c1ccccc1. The monoisotopic (exact) mass is 276 g/mol. The summed E-state index contributed by atoms with van der Waals surface area (Å²) in [5.41, 5.74) is 6.13. The molecular formula is C16H24N2O2. The Balaban J connectivity index is 2.80. The lowest BCUT2D eigenvalue weighted by atomic mass is 9.96. The van der Waals surface area contributed by atoms with E-state index in [1.807, 2.05) is 18.2 Å². The largest absolute Gasteiger partial charge is 0.368 e. The van der Waals surface area contributed by atoms with E-state index in [1.165, 1.54) is 0 Å². The molecule has 2 amide bonds. The summed E-state index contributed by atoms with van der Waals surface area (Å²) in [5, 5.41) is 2.79. The molecule has 0 heterocycles. The molecule has 4 heteroatoms. The van der Waals surface area contributed by atoms with E-state index in [2.05, 4.69) is 19.2 Å². The Bertz CT molecular complexity index is 425. The van der Waals surface area contributed by atoms with Crippen molar-refractivity contribution in [2.24, 2.45) is 11.7 Å². The van der Waals surface area contributed by atoms with Gasteiger partial charge in [-0.05, 0) is 18.4 Å². The second-order valence-corrected chi connectivity index (χ2v) is 5.03. The van der Waals surface area contributed by atoms with Crippen molar-refractivity contribution in [2.75, 3.05) is 0 Å². The number of rotatable bonds is 8. The maximum absolute atomic E-state index is 12.3. The Hall–Kier alpha value is -1.84. The van der Waals surface area contributed by atoms with Crippen molar-refractivity contribution < 1.29 is 9.59 Å². The zero-order valence-electron chi connectivity index (χ0n) is 12.3. The first-order valence-electron chi connectivity index (χ1n) is 7.24. The molecule has 1 aromatic rings. The highest BCUT2D eigenvalue weighted by atomic mass is 16.2. The lowest BCUT2D eigenvalue weighted by Crippen LogP contribution is -2.40. The van der Waals surface area contributed by atoms with Crippen LogP contribution in [-0.4, -0.2) is 11.8 Å². The summed E-state index contributed by atoms with van der Waals surface area (Å²) in [6.07, 6.45) is 3.56. The van der Waals surface area contributed by atoms with Crippen molar-refractivity contribution in [2.45, 2.75) is 45.6 Å². The van der Waals surface area contributed by atoms with Gasteiger partial charge in [-0.25, -0.2) is 0 Å². The first-order chi connectivity index (χ1) is 9.60. The second kappa shape index (κ2) is 8.35. The third kappa shape index (κ3) is 4.68. The molecule has 4 nitrogen and oxygen atoms in total. The van der Waals surface area contributed by atoms with Crippen LogP contribution in [0.2, 0.25) is 0 Å². The number of amides is 2. The van der Waals surface area contributed by atoms with Crippen molar-refractivity contribution in [1.82, 2.24) is 5.32 Å². The Labute approximate surface area is 120 Å². The number of nitrogens with two attached hydrogens (primary N) is 1. The number of carbonyl (C=O) groups excluding carboxylic acids is 2. The van der Waals surface area contributed by atoms with Crippen molar-refractivity contribution in [3.63, 3.8) is 0 Å². The lowest BCUT2D eigenvalue weighted by molar-refractivity contribution is -0.130. The van der Waals surface area contributed by atoms with Crippen LogP contribution in [0.25, 0.3) is 0 Å². The minimum atomic E-state index is -0.750. The highest BCUT2D eigenvalue weighted by Crippen LogP contribution is 2.17. The molecule has 0 unspecified atom stereocenters. The van der Waals surface area contributed by atoms with E-state index in [0.29, 0.717) is 0 Å². The summed E-state index contributed by atoms with van der Waals surface area (Å²) in [4.78, 5) is 23.9. The Morgan fingerprint density at radius 2 is 1.65 bits per heavy atom. The third-order valence-corrected chi connectivity index (χ3v) is 3.35. The molecule has 0 spiro atoms. The zero-order valence-corrected chi connectivity index (χ0v) is 12.3. The van der Waals surface area contributed by atoms with E-state index in [9.17, 15) is 9.59 Å². The number of hydrogen-bond donors (Lipinski definition) is 2. The smallest absolute Gasteiger partial charge is 0.244 e. The molecule has 1 aromatic carbocycles. The van der Waals surface area contributed by atoms with E-state index in [4.69, 9.17) is 5.73 Å². The van der Waals surface area contributed by atoms with Gasteiger partial charge in [-0.1, -0.05) is 57.0 Å². The minimum absolute atomic E-state index is 0.0458. The number of primary amides is 1. The van der Waals surface area contributed by atoms with E-state index in [0.717, 1.165) is 31.2 Å². The molecule has 1 rings (SSSR count). The van der Waals surface area contributed by atoms with Gasteiger partial charge in [-0.15, -0.1) is 0 Å². The number of benzene rings is 1. The summed E-state index contributed by atoms with van der Waals surface area (Å²) in [6, 6.07) is 8.36. The van der Waals surface area contributed by atoms with Crippen LogP contribution in [-0.2, 0) is 9.59 Å². The van der Waals surface area contributed by atoms with Crippen LogP contribution in [0.5, 0.6) is 0 Å². The quantitative estimate of drug-likeness (QED) is 0.766. The fourth-order valence-electron chi connectivity index (χ4n) is 2.33. The molecule has 0 bridgehead atoms. The summed E-state index contributed by atoms with van der Waals surface area (Å²) in [6.45, 7) is 4.11. The molecule has 0 aliphatic rings. The van der Waals surface area contributed by atoms with Gasteiger partial charge in [0.1, 0.15) is 6.04 Å². The average Bonchev–Trinajstić information content (AvgIpc) is 2.45. The minimum Gasteiger partial charge on any atom is -0.368 e. The summed E-state index contributed by atoms with van der Waals surface area (Å²) >= 11 is 0. The third-order valence-electron chi connectivity index (χ3n) is 3.35. The van der Waals surface area contributed by atoms with Gasteiger partial charge in [0.15, 0.2) is 0 Å². The van der Waals surface area contributed by atoms with Gasteiger partial charge in [-0.3, -0.25) is 9.59 Å². The molecule has 0 aliphatic heterocycles. The van der Waals surface area contributed by atoms with Crippen LogP contribution in [0.3, 0.4) is 0 Å². The number of carbonyl (C=O) groups is 2. The van der Waals surface area contributed by atoms with E-state index < -0.39 is 11.9 Å². The standard InChI is InChI=1S/C16H24N2O2/c1-3-8-13(9-4-2)16(20)18-14(15(17)19)12-10-6-5-7-11-12/h5-7,10-11,13-14H,3-4,8-9H2,1-2H3,(H2,17,19)(H,18,20)/t14-/m0/s1. The van der Waals surface area contributed by atoms with Crippen LogP contribution in [0, 0.1) is 5.92 Å². The maximum atomic E-state index is 12.3. The van der Waals surface area contributed by atoms with Crippen LogP contribution < -0.4 is 11.1 Å². The van der Waals surface area contributed by atoms with E-state index in [1.54, 1.807) is 12.1 Å². The molecule has 110 valence electrons. The van der Waals surface area contributed by atoms with Crippen LogP contribution in [0.15, 0.2) is 30.3 Å². The van der Waals surface area contributed by atoms with Crippen molar-refractivity contribution in [3.8, 4) is 0 Å². The Morgan fingerprint density at radius 1 is 1.10 bits per heavy atom. The molecule has 0 saturated carbocycles. The van der Waals surface area contributed by atoms with Crippen LogP contribution in [0.1, 0.15) is 51.1 Å². The molecule has 0 aliphatic carbocycles. The predicted molar refractivity (Wildman–Crippen MR) is 79.8 cm³/mol. The molecule has 0 saturated heterocycles. The first-order valence-corrected chi connectivity index (χ1v) is 7.24. The van der Waals surface area contributed by atoms with E-state index >= 15 is 0 Å². The first kappa shape index (κ1) is 16.2. The topological polar surface area (TPSA) is 72.2 Å². The molecular weight excluding hydrogens is 252 g/mol. The zero-order chi connectivity index (χ0) is 15.0. The van der Waals surface area contributed by atoms with Crippen molar-refractivity contribution in [1.29, 1.82) is 0 Å². The fourth-order valence-corrected chi connectivity index (χ4v) is 2.33. The molecule has 3 N–H and O–H groups in total. The van der Waals surface area contributed by atoms with Gasteiger partial charge in [0.25, 0.3) is 0 Å². The normalized spacial score (nSPS) is 12.2. The predicted octanol–water partition coefficient (Wildman–Crippen LogP) is 2.55. The molecule has 0 radical (unpaired) electrons. The van der Waals surface area contributed by atoms with Crippen LogP contribution in [0.4, 0.5) is 0 Å². The summed E-state index contributed by atoms with van der Waals surface area (Å²) < 4.78 is 0. The van der Waals surface area contributed by atoms with Gasteiger partial charge < -0.3 is 11.1 Å². The van der Waals surface area contributed by atoms with Crippen LogP contribution >= 0.6 is 0 Å². The van der Waals surface area contributed by atoms with Crippen molar-refractivity contribution >= 4 is 11.8 Å². The van der Waals surface area contributed by atoms with Gasteiger partial charge in [0.2, 0.25) is 11.8 Å². The van der Waals surface area contributed by atoms with Crippen molar-refractivity contribution in [3.05, 3.63) is 35.9 Å².